The average molecular weight is 154 g/mol. The minimum Gasteiger partial charge on any atom is -0.396 e. The molecule has 1 rings (SSSR count). The Morgan fingerprint density at radius 1 is 1.55 bits per heavy atom. The molecule has 0 bridgehead atoms. The predicted octanol–water partition coefficient (Wildman–Crippen LogP) is 0.329. The topological polar surface area (TPSA) is 51.2 Å². The normalized spacial score (nSPS) is 10.4. The van der Waals surface area contributed by atoms with Gasteiger partial charge in [-0.15, -0.1) is 0 Å². The first-order valence-electron chi connectivity index (χ1n) is 3.82. The minimum absolute atomic E-state index is 0.246. The van der Waals surface area contributed by atoms with E-state index in [-0.39, 0.29) is 6.61 Å². The van der Waals surface area contributed by atoms with Crippen molar-refractivity contribution in [3.8, 4) is 0 Å². The van der Waals surface area contributed by atoms with Crippen molar-refractivity contribution in [2.24, 2.45) is 5.73 Å². The minimum atomic E-state index is 0.246. The molecule has 0 radical (unpaired) electrons. The van der Waals surface area contributed by atoms with E-state index in [0.29, 0.717) is 6.54 Å². The molecule has 3 nitrogen and oxygen atoms in total. The Morgan fingerprint density at radius 3 is 2.91 bits per heavy atom. The highest BCUT2D eigenvalue weighted by Crippen LogP contribution is 2.00. The van der Waals surface area contributed by atoms with Gasteiger partial charge in [0, 0.05) is 32.1 Å². The fraction of sp³-hybridized carbons (Fsp3) is 0.500. The molecule has 3 heteroatoms. The van der Waals surface area contributed by atoms with Crippen molar-refractivity contribution in [2.75, 3.05) is 6.61 Å². The number of aliphatic hydroxyl groups is 1. The maximum Gasteiger partial charge on any atom is 0.0448 e. The number of hydrogen-bond acceptors (Lipinski definition) is 2. The van der Waals surface area contributed by atoms with Crippen molar-refractivity contribution in [3.05, 3.63) is 24.0 Å². The average Bonchev–Trinajstić information content (AvgIpc) is 2.48. The van der Waals surface area contributed by atoms with Gasteiger partial charge in [0.1, 0.15) is 0 Å². The summed E-state index contributed by atoms with van der Waals surface area (Å²) < 4.78 is 2.04. The lowest BCUT2D eigenvalue weighted by Gasteiger charge is -1.98. The Labute approximate surface area is 66.4 Å². The van der Waals surface area contributed by atoms with Crippen molar-refractivity contribution in [2.45, 2.75) is 19.5 Å². The van der Waals surface area contributed by atoms with Gasteiger partial charge in [-0.3, -0.25) is 0 Å². The monoisotopic (exact) mass is 154 g/mol. The van der Waals surface area contributed by atoms with Gasteiger partial charge >= 0.3 is 0 Å². The molecule has 0 aromatic carbocycles. The molecule has 0 amide bonds. The number of nitrogens with zero attached hydrogens (tertiary/aromatic N) is 1. The number of aromatic nitrogens is 1. The van der Waals surface area contributed by atoms with Crippen LogP contribution in [0.4, 0.5) is 0 Å². The van der Waals surface area contributed by atoms with Crippen LogP contribution < -0.4 is 5.73 Å². The predicted molar refractivity (Wildman–Crippen MR) is 44.0 cm³/mol. The van der Waals surface area contributed by atoms with Crippen LogP contribution in [0.5, 0.6) is 0 Å². The molecule has 1 heterocycles. The highest BCUT2D eigenvalue weighted by molar-refractivity contribution is 5.09. The molecule has 0 unspecified atom stereocenters. The van der Waals surface area contributed by atoms with Crippen molar-refractivity contribution in [3.63, 3.8) is 0 Å². The second-order valence-corrected chi connectivity index (χ2v) is 2.54. The summed E-state index contributed by atoms with van der Waals surface area (Å²) in [5.41, 5.74) is 6.57. The van der Waals surface area contributed by atoms with Gasteiger partial charge in [0.05, 0.1) is 0 Å². The molecular formula is C8H14N2O. The molecule has 0 aliphatic carbocycles. The lowest BCUT2D eigenvalue weighted by Crippen LogP contribution is -1.98. The van der Waals surface area contributed by atoms with Crippen LogP contribution in [0, 0.1) is 0 Å². The zero-order chi connectivity index (χ0) is 8.10. The molecule has 11 heavy (non-hydrogen) atoms. The Bertz CT molecular complexity index is 208. The molecule has 0 aliphatic rings. The first kappa shape index (κ1) is 8.30. The second-order valence-electron chi connectivity index (χ2n) is 2.54. The van der Waals surface area contributed by atoms with E-state index in [4.69, 9.17) is 10.8 Å². The van der Waals surface area contributed by atoms with Crippen LogP contribution >= 0.6 is 0 Å². The summed E-state index contributed by atoms with van der Waals surface area (Å²) in [4.78, 5) is 0. The zero-order valence-corrected chi connectivity index (χ0v) is 6.53. The second kappa shape index (κ2) is 4.16. The van der Waals surface area contributed by atoms with Crippen molar-refractivity contribution in [1.29, 1.82) is 0 Å². The molecular weight excluding hydrogens is 140 g/mol. The Hall–Kier alpha value is -0.800. The van der Waals surface area contributed by atoms with E-state index in [1.54, 1.807) is 0 Å². The van der Waals surface area contributed by atoms with E-state index in [2.05, 4.69) is 0 Å². The van der Waals surface area contributed by atoms with Gasteiger partial charge in [0.2, 0.25) is 0 Å². The molecule has 0 aliphatic heterocycles. The van der Waals surface area contributed by atoms with E-state index < -0.39 is 0 Å². The number of aryl methyl sites for hydroxylation is 1. The van der Waals surface area contributed by atoms with Crippen LogP contribution in [0.25, 0.3) is 0 Å². The number of hydrogen-bond donors (Lipinski definition) is 2. The summed E-state index contributed by atoms with van der Waals surface area (Å²) in [6, 6.07) is 2.00. The molecule has 1 aromatic rings. The van der Waals surface area contributed by atoms with Crippen LogP contribution in [-0.4, -0.2) is 16.3 Å². The van der Waals surface area contributed by atoms with Gasteiger partial charge in [-0.25, -0.2) is 0 Å². The van der Waals surface area contributed by atoms with Crippen LogP contribution in [0.3, 0.4) is 0 Å². The van der Waals surface area contributed by atoms with Crippen LogP contribution in [0.1, 0.15) is 12.0 Å². The fourth-order valence-corrected chi connectivity index (χ4v) is 1.00. The summed E-state index contributed by atoms with van der Waals surface area (Å²) in [5, 5.41) is 8.55. The van der Waals surface area contributed by atoms with Gasteiger partial charge < -0.3 is 15.4 Å². The molecule has 0 spiro atoms. The molecule has 0 saturated heterocycles. The van der Waals surface area contributed by atoms with Crippen molar-refractivity contribution >= 4 is 0 Å². The molecule has 1 aromatic heterocycles. The Morgan fingerprint density at radius 2 is 2.36 bits per heavy atom. The highest BCUT2D eigenvalue weighted by atomic mass is 16.3. The zero-order valence-electron chi connectivity index (χ0n) is 6.53. The quantitative estimate of drug-likeness (QED) is 0.656. The SMILES string of the molecule is NCc1ccn(CCCO)c1. The van der Waals surface area contributed by atoms with E-state index in [0.717, 1.165) is 18.5 Å². The summed E-state index contributed by atoms with van der Waals surface area (Å²) in [6.07, 6.45) is 4.80. The third-order valence-corrected chi connectivity index (χ3v) is 1.62. The van der Waals surface area contributed by atoms with Gasteiger partial charge in [-0.05, 0) is 18.1 Å². The first-order chi connectivity index (χ1) is 5.36. The maximum absolute atomic E-state index is 8.55. The van der Waals surface area contributed by atoms with E-state index >= 15 is 0 Å². The number of aliphatic hydroxyl groups excluding tert-OH is 1. The first-order valence-corrected chi connectivity index (χ1v) is 3.82. The fourth-order valence-electron chi connectivity index (χ4n) is 1.00. The lowest BCUT2D eigenvalue weighted by molar-refractivity contribution is 0.280. The molecule has 0 fully saturated rings. The maximum atomic E-state index is 8.55. The van der Waals surface area contributed by atoms with E-state index in [1.807, 2.05) is 23.0 Å². The lowest BCUT2D eigenvalue weighted by atomic mass is 10.3. The van der Waals surface area contributed by atoms with Crippen molar-refractivity contribution < 1.29 is 5.11 Å². The summed E-state index contributed by atoms with van der Waals surface area (Å²) in [5.74, 6) is 0. The largest absolute Gasteiger partial charge is 0.396 e. The standard InChI is InChI=1S/C8H14N2O/c9-6-8-2-4-10(7-8)3-1-5-11/h2,4,7,11H,1,3,5-6,9H2. The third-order valence-electron chi connectivity index (χ3n) is 1.62. The number of rotatable bonds is 4. The van der Waals surface area contributed by atoms with Crippen LogP contribution in [0.15, 0.2) is 18.5 Å². The molecule has 0 atom stereocenters. The third kappa shape index (κ3) is 2.37. The number of nitrogens with two attached hydrogens (primary N) is 1. The summed E-state index contributed by atoms with van der Waals surface area (Å²) >= 11 is 0. The van der Waals surface area contributed by atoms with E-state index in [9.17, 15) is 0 Å². The highest BCUT2D eigenvalue weighted by Gasteiger charge is 1.92. The Balaban J connectivity index is 2.44. The van der Waals surface area contributed by atoms with Gasteiger partial charge in [0.25, 0.3) is 0 Å². The summed E-state index contributed by atoms with van der Waals surface area (Å²) in [6.45, 7) is 1.71. The molecule has 3 N–H and O–H groups in total. The molecule has 0 saturated carbocycles. The van der Waals surface area contributed by atoms with Crippen LogP contribution in [-0.2, 0) is 13.1 Å². The molecule has 62 valence electrons. The van der Waals surface area contributed by atoms with Gasteiger partial charge in [0.15, 0.2) is 0 Å². The summed E-state index contributed by atoms with van der Waals surface area (Å²) in [7, 11) is 0. The Kier molecular flexibility index (Phi) is 3.14. The van der Waals surface area contributed by atoms with Crippen molar-refractivity contribution in [1.82, 2.24) is 4.57 Å². The smallest absolute Gasteiger partial charge is 0.0448 e. The van der Waals surface area contributed by atoms with Gasteiger partial charge in [-0.2, -0.15) is 0 Å². The van der Waals surface area contributed by atoms with Gasteiger partial charge in [-0.1, -0.05) is 0 Å². The van der Waals surface area contributed by atoms with Crippen LogP contribution in [0.2, 0.25) is 0 Å². The van der Waals surface area contributed by atoms with E-state index in [1.165, 1.54) is 0 Å².